The number of hydrogen-bond acceptors (Lipinski definition) is 12. The van der Waals surface area contributed by atoms with Gasteiger partial charge in [0.15, 0.2) is 0 Å². The maximum atomic E-state index is 13.5. The molecular weight excluding hydrogens is 766 g/mol. The molecule has 0 bridgehead atoms. The molecule has 310 valence electrons. The molecule has 0 unspecified atom stereocenters. The summed E-state index contributed by atoms with van der Waals surface area (Å²) >= 11 is 0. The molecule has 0 aliphatic carbocycles. The van der Waals surface area contributed by atoms with Crippen molar-refractivity contribution in [2.75, 3.05) is 37.9 Å². The molecule has 2 aliphatic rings. The van der Waals surface area contributed by atoms with Crippen molar-refractivity contribution in [3.63, 3.8) is 0 Å². The normalized spacial score (nSPS) is 14.7. The highest BCUT2D eigenvalue weighted by atomic mass is 16.7. The Morgan fingerprint density at radius 2 is 1.37 bits per heavy atom. The predicted molar refractivity (Wildman–Crippen MR) is 210 cm³/mol. The van der Waals surface area contributed by atoms with Gasteiger partial charge in [0, 0.05) is 25.7 Å². The number of carbonyl (C=O) groups is 8. The molecule has 18 heteroatoms. The zero-order valence-electron chi connectivity index (χ0n) is 32.0. The molecule has 0 radical (unpaired) electrons. The maximum Gasteiger partial charge on any atom is 0.358 e. The van der Waals surface area contributed by atoms with Crippen LogP contribution in [0.5, 0.6) is 0 Å². The Balaban J connectivity index is 1.02. The van der Waals surface area contributed by atoms with E-state index in [-0.39, 0.29) is 44.6 Å². The number of amides is 7. The van der Waals surface area contributed by atoms with E-state index in [0.717, 1.165) is 22.4 Å². The van der Waals surface area contributed by atoms with Crippen LogP contribution in [0.25, 0.3) is 12.2 Å². The summed E-state index contributed by atoms with van der Waals surface area (Å²) in [4.78, 5) is 106. The molecule has 18 nitrogen and oxygen atoms in total. The van der Waals surface area contributed by atoms with Crippen molar-refractivity contribution in [3.05, 3.63) is 101 Å². The highest BCUT2D eigenvalue weighted by Gasteiger charge is 2.33. The van der Waals surface area contributed by atoms with E-state index in [1.54, 1.807) is 35.2 Å². The summed E-state index contributed by atoms with van der Waals surface area (Å²) in [5.41, 5.74) is 4.30. The van der Waals surface area contributed by atoms with Crippen LogP contribution in [-0.2, 0) is 60.9 Å². The number of hydroxylamine groups is 2. The molecule has 0 saturated carbocycles. The molecule has 3 aromatic rings. The van der Waals surface area contributed by atoms with Crippen molar-refractivity contribution in [1.29, 1.82) is 0 Å². The number of nitrogens with zero attached hydrogens (tertiary/aromatic N) is 2. The van der Waals surface area contributed by atoms with E-state index >= 15 is 0 Å². The Labute approximate surface area is 339 Å². The summed E-state index contributed by atoms with van der Waals surface area (Å²) in [6.07, 6.45) is 2.71. The minimum absolute atomic E-state index is 0.0117. The number of aliphatic hydroxyl groups is 1. The second-order valence-electron chi connectivity index (χ2n) is 13.4. The first-order valence-electron chi connectivity index (χ1n) is 18.8. The zero-order chi connectivity index (χ0) is 42.1. The lowest BCUT2D eigenvalue weighted by Crippen LogP contribution is -2.52. The minimum Gasteiger partial charge on any atom is -0.379 e. The van der Waals surface area contributed by atoms with Crippen LogP contribution in [0.2, 0.25) is 0 Å². The topological polar surface area (TPSA) is 242 Å². The average molecular weight is 812 g/mol. The van der Waals surface area contributed by atoms with Crippen LogP contribution in [0.3, 0.4) is 0 Å². The van der Waals surface area contributed by atoms with Crippen LogP contribution >= 0.6 is 0 Å². The van der Waals surface area contributed by atoms with Crippen LogP contribution in [0.1, 0.15) is 47.9 Å². The van der Waals surface area contributed by atoms with Crippen molar-refractivity contribution in [1.82, 2.24) is 31.6 Å². The third-order valence-corrected chi connectivity index (χ3v) is 9.08. The quantitative estimate of drug-likeness (QED) is 0.0535. The van der Waals surface area contributed by atoms with Gasteiger partial charge in [0.2, 0.25) is 29.5 Å². The predicted octanol–water partition coefficient (Wildman–Crippen LogP) is 0.0492. The fraction of sp³-hybridized carbons (Fsp3) is 0.317. The molecule has 59 heavy (non-hydrogen) atoms. The second-order valence-corrected chi connectivity index (χ2v) is 13.4. The van der Waals surface area contributed by atoms with Crippen LogP contribution in [0.15, 0.2) is 78.9 Å². The first kappa shape index (κ1) is 43.4. The van der Waals surface area contributed by atoms with Gasteiger partial charge in [0.25, 0.3) is 11.8 Å². The van der Waals surface area contributed by atoms with Gasteiger partial charge in [-0.3, -0.25) is 38.9 Å². The Kier molecular flexibility index (Phi) is 15.9. The van der Waals surface area contributed by atoms with Gasteiger partial charge in [-0.2, -0.15) is 0 Å². The number of aliphatic hydroxyl groups excluding tert-OH is 1. The number of carbonyl (C=O) groups excluding carboxylic acids is 8. The van der Waals surface area contributed by atoms with Crippen LogP contribution in [0, 0.1) is 0 Å². The van der Waals surface area contributed by atoms with Gasteiger partial charge in [-0.15, -0.1) is 5.06 Å². The van der Waals surface area contributed by atoms with Crippen molar-refractivity contribution in [2.45, 2.75) is 50.9 Å². The van der Waals surface area contributed by atoms with Gasteiger partial charge in [-0.25, -0.2) is 4.79 Å². The monoisotopic (exact) mass is 811 g/mol. The van der Waals surface area contributed by atoms with Crippen molar-refractivity contribution >= 4 is 65.2 Å². The molecule has 3 aromatic carbocycles. The van der Waals surface area contributed by atoms with E-state index in [4.69, 9.17) is 4.74 Å². The second kappa shape index (κ2) is 21.7. The summed E-state index contributed by atoms with van der Waals surface area (Å²) in [7, 11) is 0. The number of hydrogen-bond donors (Lipinski definition) is 6. The fourth-order valence-corrected chi connectivity index (χ4v) is 6.03. The number of imide groups is 1. The Morgan fingerprint density at radius 3 is 2.14 bits per heavy atom. The Bertz CT molecular complexity index is 2040. The van der Waals surface area contributed by atoms with Crippen molar-refractivity contribution < 1.29 is 53.0 Å². The first-order valence-corrected chi connectivity index (χ1v) is 18.8. The maximum absolute atomic E-state index is 13.5. The van der Waals surface area contributed by atoms with Gasteiger partial charge < -0.3 is 40.8 Å². The lowest BCUT2D eigenvalue weighted by Gasteiger charge is -2.27. The number of para-hydroxylation sites is 1. The summed E-state index contributed by atoms with van der Waals surface area (Å²) in [6, 6.07) is 23.0. The van der Waals surface area contributed by atoms with Crippen molar-refractivity contribution in [3.8, 4) is 0 Å². The van der Waals surface area contributed by atoms with Crippen LogP contribution in [0.4, 0.5) is 5.69 Å². The average Bonchev–Trinajstić information content (AvgIpc) is 3.55. The van der Waals surface area contributed by atoms with Gasteiger partial charge in [0.05, 0.1) is 31.9 Å². The number of anilines is 1. The van der Waals surface area contributed by atoms with Gasteiger partial charge in [-0.05, 0) is 34.7 Å². The number of nitrogens with one attached hydrogen (secondary N) is 5. The number of rotatable bonds is 19. The molecule has 2 aliphatic heterocycles. The SMILES string of the molecule is O=C(CNC(=O)[C@H](Cc1ccccc1)NC(=O)CNC(=O)CN[C@H](O)CCC(=O)N1Cc2ccccc2/C=C\c2ccccc21)NCOCC(=O)ON1C(=O)CCC1=O. The highest BCUT2D eigenvalue weighted by Crippen LogP contribution is 2.29. The summed E-state index contributed by atoms with van der Waals surface area (Å²) in [5.74, 6) is -5.26. The zero-order valence-corrected chi connectivity index (χ0v) is 32.0. The highest BCUT2D eigenvalue weighted by molar-refractivity contribution is 6.01. The fourth-order valence-electron chi connectivity index (χ4n) is 6.03. The molecule has 1 saturated heterocycles. The van der Waals surface area contributed by atoms with E-state index in [2.05, 4.69) is 31.4 Å². The number of benzene rings is 3. The standard InChI is InChI=1S/C41H45N7O11/c49-33(16-17-37(53)47-24-30-12-5-4-10-28(30)14-15-29-11-6-7-13-32(29)47)42-21-34(50)43-23-36(52)46-31(20-27-8-2-1-3-9-27)41(57)44-22-35(51)45-26-58-25-40(56)59-48-38(54)18-19-39(48)55/h1-15,31,33,42,49H,16-26H2,(H,43,50)(H,44,57)(H,45,51)(H,46,52)/b15-14-/t31-,33+/m0/s1. The smallest absolute Gasteiger partial charge is 0.358 e. The largest absolute Gasteiger partial charge is 0.379 e. The molecule has 6 N–H and O–H groups in total. The van der Waals surface area contributed by atoms with E-state index in [1.807, 2.05) is 60.7 Å². The van der Waals surface area contributed by atoms with Gasteiger partial charge in [0.1, 0.15) is 25.6 Å². The van der Waals surface area contributed by atoms with Crippen LogP contribution < -0.4 is 31.5 Å². The van der Waals surface area contributed by atoms with Crippen LogP contribution in [-0.4, -0.2) is 103 Å². The van der Waals surface area contributed by atoms with E-state index in [0.29, 0.717) is 17.2 Å². The summed E-state index contributed by atoms with van der Waals surface area (Å²) in [5, 5.41) is 23.3. The molecule has 5 rings (SSSR count). The lowest BCUT2D eigenvalue weighted by molar-refractivity contribution is -0.200. The number of fused-ring (bicyclic) bond motifs is 2. The third kappa shape index (κ3) is 13.4. The molecule has 1 fully saturated rings. The molecule has 0 aromatic heterocycles. The van der Waals surface area contributed by atoms with Gasteiger partial charge >= 0.3 is 5.97 Å². The first-order chi connectivity index (χ1) is 28.5. The van der Waals surface area contributed by atoms with E-state index in [9.17, 15) is 43.5 Å². The minimum atomic E-state index is -1.20. The third-order valence-electron chi connectivity index (χ3n) is 9.08. The Hall–Kier alpha value is -6.76. The van der Waals surface area contributed by atoms with E-state index in [1.165, 1.54) is 0 Å². The van der Waals surface area contributed by atoms with Crippen molar-refractivity contribution in [2.24, 2.45) is 0 Å². The molecule has 7 amide bonds. The van der Waals surface area contributed by atoms with E-state index < -0.39 is 80.1 Å². The number of ether oxygens (including phenoxy) is 1. The molecule has 0 spiro atoms. The molecular formula is C41H45N7O11. The van der Waals surface area contributed by atoms with Gasteiger partial charge in [-0.1, -0.05) is 84.9 Å². The summed E-state index contributed by atoms with van der Waals surface area (Å²) < 4.78 is 4.99. The molecule has 2 heterocycles. The lowest BCUT2D eigenvalue weighted by atomic mass is 10.0. The summed E-state index contributed by atoms with van der Waals surface area (Å²) in [6.45, 7) is -2.16. The Morgan fingerprint density at radius 1 is 0.729 bits per heavy atom. The molecule has 2 atom stereocenters.